The number of furan rings is 1. The molecule has 0 N–H and O–H groups in total. The maximum Gasteiger partial charge on any atom is 0.137 e. The van der Waals surface area contributed by atoms with Gasteiger partial charge in [-0.2, -0.15) is 0 Å². The molecule has 0 radical (unpaired) electrons. The molecule has 0 bridgehead atoms. The fourth-order valence-electron chi connectivity index (χ4n) is 12.1. The Kier molecular flexibility index (Phi) is 9.29. The van der Waals surface area contributed by atoms with Crippen LogP contribution in [0.1, 0.15) is 56.9 Å². The highest BCUT2D eigenvalue weighted by atomic mass is 16.3. The van der Waals surface area contributed by atoms with Gasteiger partial charge in [0.15, 0.2) is 0 Å². The van der Waals surface area contributed by atoms with Crippen LogP contribution < -0.4 is 4.90 Å². The smallest absolute Gasteiger partial charge is 0.137 e. The molecule has 0 fully saturated rings. The van der Waals surface area contributed by atoms with Crippen molar-refractivity contribution in [2.24, 2.45) is 0 Å². The normalized spacial score (nSPS) is 14.5. The van der Waals surface area contributed by atoms with Gasteiger partial charge in [-0.3, -0.25) is 0 Å². The second-order valence-electron chi connectivity index (χ2n) is 20.1. The molecule has 336 valence electrons. The van der Waals surface area contributed by atoms with E-state index in [0.717, 1.165) is 55.8 Å². The Morgan fingerprint density at radius 3 is 1.89 bits per heavy atom. The first-order chi connectivity index (χ1) is 34.1. The number of rotatable bonds is 8. The van der Waals surface area contributed by atoms with Crippen molar-refractivity contribution in [3.63, 3.8) is 0 Å². The number of hydrogen-bond donors (Lipinski definition) is 0. The minimum absolute atomic E-state index is 0.165. The fraction of sp³-hybridized carbons (Fsp3) is 0.104. The Balaban J connectivity index is 0.979. The van der Waals surface area contributed by atoms with Gasteiger partial charge >= 0.3 is 0 Å². The lowest BCUT2D eigenvalue weighted by Crippen LogP contribution is -2.18. The van der Waals surface area contributed by atoms with Gasteiger partial charge in [-0.15, -0.1) is 0 Å². The molecule has 3 nitrogen and oxygen atoms in total. The summed E-state index contributed by atoms with van der Waals surface area (Å²) in [4.78, 5) is 2.47. The van der Waals surface area contributed by atoms with E-state index in [4.69, 9.17) is 4.42 Å². The van der Waals surface area contributed by atoms with Gasteiger partial charge in [0.25, 0.3) is 0 Å². The van der Waals surface area contributed by atoms with Gasteiger partial charge in [0.1, 0.15) is 11.2 Å². The van der Waals surface area contributed by atoms with E-state index >= 15 is 0 Å². The third-order valence-electron chi connectivity index (χ3n) is 15.5. The maximum absolute atomic E-state index is 6.79. The Labute approximate surface area is 409 Å². The molecule has 0 unspecified atom stereocenters. The number of hydrogen-bond acceptors (Lipinski definition) is 2. The van der Waals surface area contributed by atoms with E-state index in [-0.39, 0.29) is 10.8 Å². The van der Waals surface area contributed by atoms with E-state index in [0.29, 0.717) is 0 Å². The molecule has 0 saturated carbocycles. The topological polar surface area (TPSA) is 21.3 Å². The highest BCUT2D eigenvalue weighted by Crippen LogP contribution is 2.54. The van der Waals surface area contributed by atoms with Crippen LogP contribution in [-0.4, -0.2) is 4.57 Å². The van der Waals surface area contributed by atoms with Crippen molar-refractivity contribution < 1.29 is 4.42 Å². The molecule has 11 aromatic rings. The molecule has 0 saturated heterocycles. The minimum atomic E-state index is -0.237. The summed E-state index contributed by atoms with van der Waals surface area (Å²) < 4.78 is 9.19. The molecule has 70 heavy (non-hydrogen) atoms. The highest BCUT2D eigenvalue weighted by molar-refractivity contribution is 6.15. The third kappa shape index (κ3) is 6.14. The average Bonchev–Trinajstić information content (AvgIpc) is 4.07. The van der Waals surface area contributed by atoms with Gasteiger partial charge in [-0.05, 0) is 153 Å². The molecule has 13 rings (SSSR count). The number of allylic oxidation sites excluding steroid dienone is 5. The van der Waals surface area contributed by atoms with Crippen LogP contribution in [0.25, 0.3) is 88.4 Å². The third-order valence-corrected chi connectivity index (χ3v) is 15.5. The summed E-state index contributed by atoms with van der Waals surface area (Å²) in [5.74, 6) is 0. The Morgan fingerprint density at radius 2 is 1.11 bits per heavy atom. The van der Waals surface area contributed by atoms with E-state index < -0.39 is 0 Å². The Bertz CT molecular complexity index is 4020. The highest BCUT2D eigenvalue weighted by Gasteiger charge is 2.38. The van der Waals surface area contributed by atoms with Crippen LogP contribution in [0.15, 0.2) is 229 Å². The molecule has 0 amide bonds. The van der Waals surface area contributed by atoms with Gasteiger partial charge < -0.3 is 13.9 Å². The lowest BCUT2D eigenvalue weighted by molar-refractivity contribution is 0.654. The van der Waals surface area contributed by atoms with Gasteiger partial charge in [0, 0.05) is 44.1 Å². The lowest BCUT2D eigenvalue weighted by atomic mass is 9.81. The number of nitrogens with zero attached hydrogens (tertiary/aromatic N) is 2. The number of para-hydroxylation sites is 1. The first kappa shape index (κ1) is 41.8. The number of fused-ring (bicyclic) bond motifs is 10. The summed E-state index contributed by atoms with van der Waals surface area (Å²) in [5.41, 5.74) is 23.1. The van der Waals surface area contributed by atoms with E-state index in [1.165, 1.54) is 77.5 Å². The van der Waals surface area contributed by atoms with Crippen molar-refractivity contribution in [2.75, 3.05) is 4.90 Å². The SMILES string of the molecule is C=CC1=C(/C=C\C)c2ccc(N(c3ccc4c(c3)C(C)(C)c3ccccc3-4)c3cccc4oc5ccc(-c6ccc7c(c6)c6ccccc6n7-c6ccc(-c7ccccc7)cc6)cc5c34)cc2C1(C)C. The molecular weight excluding hydrogens is 849 g/mol. The zero-order valence-corrected chi connectivity index (χ0v) is 40.2. The molecule has 3 heteroatoms. The van der Waals surface area contributed by atoms with Crippen molar-refractivity contribution in [1.82, 2.24) is 4.57 Å². The van der Waals surface area contributed by atoms with Crippen molar-refractivity contribution in [1.29, 1.82) is 0 Å². The summed E-state index contributed by atoms with van der Waals surface area (Å²) >= 11 is 0. The largest absolute Gasteiger partial charge is 0.456 e. The van der Waals surface area contributed by atoms with Gasteiger partial charge in [0.05, 0.1) is 22.1 Å². The summed E-state index contributed by atoms with van der Waals surface area (Å²) in [7, 11) is 0. The molecule has 0 aliphatic heterocycles. The van der Waals surface area contributed by atoms with E-state index in [1.807, 2.05) is 6.08 Å². The monoisotopic (exact) mass is 900 g/mol. The molecule has 2 aliphatic carbocycles. The quantitative estimate of drug-likeness (QED) is 0.152. The van der Waals surface area contributed by atoms with Gasteiger partial charge in [-0.1, -0.05) is 168 Å². The maximum atomic E-state index is 6.79. The number of anilines is 3. The van der Waals surface area contributed by atoms with Crippen LogP contribution in [-0.2, 0) is 10.8 Å². The van der Waals surface area contributed by atoms with Gasteiger partial charge in [-0.25, -0.2) is 0 Å². The Hall–Kier alpha value is -8.40. The summed E-state index contributed by atoms with van der Waals surface area (Å²) in [5, 5.41) is 4.61. The molecule has 9 aromatic carbocycles. The van der Waals surface area contributed by atoms with Crippen molar-refractivity contribution in [3.05, 3.63) is 247 Å². The second kappa shape index (κ2) is 15.6. The van der Waals surface area contributed by atoms with E-state index in [9.17, 15) is 0 Å². The van der Waals surface area contributed by atoms with Crippen LogP contribution in [0, 0.1) is 0 Å². The number of benzene rings is 9. The summed E-state index contributed by atoms with van der Waals surface area (Å²) in [6.45, 7) is 15.8. The van der Waals surface area contributed by atoms with Crippen LogP contribution in [0.4, 0.5) is 17.1 Å². The predicted molar refractivity (Wildman–Crippen MR) is 296 cm³/mol. The molecule has 0 atom stereocenters. The molecule has 0 spiro atoms. The summed E-state index contributed by atoms with van der Waals surface area (Å²) in [6.07, 6.45) is 6.41. The minimum Gasteiger partial charge on any atom is -0.456 e. The zero-order chi connectivity index (χ0) is 47.5. The van der Waals surface area contributed by atoms with Crippen LogP contribution in [0.2, 0.25) is 0 Å². The van der Waals surface area contributed by atoms with Crippen LogP contribution in [0.5, 0.6) is 0 Å². The van der Waals surface area contributed by atoms with E-state index in [2.05, 4.69) is 257 Å². The van der Waals surface area contributed by atoms with Crippen molar-refractivity contribution in [2.45, 2.75) is 45.4 Å². The lowest BCUT2D eigenvalue weighted by Gasteiger charge is -2.30. The fourth-order valence-corrected chi connectivity index (χ4v) is 12.1. The van der Waals surface area contributed by atoms with Crippen molar-refractivity contribution in [3.8, 4) is 39.1 Å². The van der Waals surface area contributed by atoms with Crippen LogP contribution >= 0.6 is 0 Å². The van der Waals surface area contributed by atoms with Crippen molar-refractivity contribution >= 4 is 66.4 Å². The molecule has 2 heterocycles. The predicted octanol–water partition coefficient (Wildman–Crippen LogP) is 18.6. The number of aromatic nitrogens is 1. The average molecular weight is 901 g/mol. The summed E-state index contributed by atoms with van der Waals surface area (Å²) in [6, 6.07) is 71.4. The zero-order valence-electron chi connectivity index (χ0n) is 40.2. The first-order valence-electron chi connectivity index (χ1n) is 24.5. The first-order valence-corrected chi connectivity index (χ1v) is 24.5. The molecule has 2 aromatic heterocycles. The van der Waals surface area contributed by atoms with E-state index in [1.54, 1.807) is 0 Å². The standard InChI is InChI=1S/C67H52N2O/c1-7-17-49-51-34-32-47(40-58(51)66(3,4)56(49)8-2)68(48-33-35-52-50-20-12-14-22-57(50)67(5,6)59(52)41-48)62-24-16-25-64-65(62)55-39-45(29-37-63(55)70-64)44-28-36-61-54(38-44)53-21-13-15-23-60(53)69(61)46-30-26-43(27-31-46)42-18-10-9-11-19-42/h7-41H,2H2,1,3-6H3/b17-7-. The van der Waals surface area contributed by atoms with Gasteiger partial charge in [0.2, 0.25) is 0 Å². The second-order valence-corrected chi connectivity index (χ2v) is 20.1. The Morgan fingerprint density at radius 1 is 0.486 bits per heavy atom. The van der Waals surface area contributed by atoms with Crippen LogP contribution in [0.3, 0.4) is 0 Å². The molecular formula is C67H52N2O. The molecule has 2 aliphatic rings.